The lowest BCUT2D eigenvalue weighted by Crippen LogP contribution is -2.60. The Kier molecular flexibility index (Phi) is 33.7. The highest BCUT2D eigenvalue weighted by atomic mass is 16.4. The lowest BCUT2D eigenvalue weighted by molar-refractivity contribution is -0.143. The van der Waals surface area contributed by atoms with Gasteiger partial charge >= 0.3 is 11.9 Å². The van der Waals surface area contributed by atoms with Crippen LogP contribution in [0.2, 0.25) is 0 Å². The Balaban J connectivity index is 3.72. The minimum absolute atomic E-state index is 0.0142. The Labute approximate surface area is 489 Å². The van der Waals surface area contributed by atoms with Crippen LogP contribution in [0.5, 0.6) is 0 Å². The number of carboxylic acids is 2. The number of guanidine groups is 4. The smallest absolute Gasteiger partial charge is 0.326 e. The van der Waals surface area contributed by atoms with Crippen molar-refractivity contribution in [3.63, 3.8) is 0 Å². The van der Waals surface area contributed by atoms with Gasteiger partial charge in [0.1, 0.15) is 48.3 Å². The monoisotopic (exact) mass is 1210 g/mol. The summed E-state index contributed by atoms with van der Waals surface area (Å²) in [5, 5.41) is 38.8. The van der Waals surface area contributed by atoms with Crippen LogP contribution in [0, 0.1) is 5.92 Å². The number of hydrogen-bond donors (Lipinski definition) is 21. The molecule has 31 N–H and O–H groups in total. The summed E-state index contributed by atoms with van der Waals surface area (Å²) in [7, 11) is 0. The largest absolute Gasteiger partial charge is 0.481 e. The molecule has 476 valence electrons. The third-order valence-corrected chi connectivity index (χ3v) is 12.0. The molecule has 37 heteroatoms. The minimum Gasteiger partial charge on any atom is -0.481 e. The van der Waals surface area contributed by atoms with Crippen molar-refractivity contribution in [2.24, 2.45) is 83.2 Å². The van der Waals surface area contributed by atoms with Crippen molar-refractivity contribution in [1.82, 2.24) is 52.5 Å². The summed E-state index contributed by atoms with van der Waals surface area (Å²) in [6.07, 6.45) is 0.283. The van der Waals surface area contributed by atoms with Crippen molar-refractivity contribution >= 4 is 88.9 Å². The first-order chi connectivity index (χ1) is 39.9. The van der Waals surface area contributed by atoms with Crippen molar-refractivity contribution in [2.75, 3.05) is 26.2 Å². The van der Waals surface area contributed by atoms with E-state index >= 15 is 0 Å². The van der Waals surface area contributed by atoms with Gasteiger partial charge in [0.25, 0.3) is 0 Å². The summed E-state index contributed by atoms with van der Waals surface area (Å²) in [5.74, 6) is -13.1. The molecule has 0 spiro atoms. The standard InChI is InChI=1S/C48H86N24O13/c1-23(2)18-33(44(84)85)72-36(76)24(3)65-42(82)32(20-35(74)75)71-41(81)30(12-13-34(50)73)69-39(79)28(10-6-16-62-47(55)56)68-43(83)31(19-25-21-59-22-64-25)70-40(80)29(11-7-17-63-48(57)58)67-38(78)27(9-5-15-61-46(53)54)66-37(77)26(49)8-4-14-60-45(51)52/h21-24,26-33H,4-20,49H2,1-3H3,(H2,50,73)(H,59,64)(H,65,82)(H,66,77)(H,67,78)(H,68,83)(H,69,79)(H,70,80)(H,71,81)(H,72,76)(H,74,75)(H,84,85)(H4,51,52,60)(H4,53,54,61)(H4,55,56,62)(H4,57,58,63)/t24-,26-,27-,28-,29-,30-,31-,32-,33-/m0/s1. The molecule has 0 aromatic carbocycles. The highest BCUT2D eigenvalue weighted by Gasteiger charge is 2.35. The third-order valence-electron chi connectivity index (χ3n) is 12.0. The normalized spacial score (nSPS) is 14.0. The molecular weight excluding hydrogens is 1120 g/mol. The molecule has 0 fully saturated rings. The fourth-order valence-corrected chi connectivity index (χ4v) is 7.74. The van der Waals surface area contributed by atoms with Crippen LogP contribution in [0.1, 0.15) is 104 Å². The van der Waals surface area contributed by atoms with E-state index in [-0.39, 0.29) is 119 Å². The van der Waals surface area contributed by atoms with E-state index in [1.165, 1.54) is 19.4 Å². The molecule has 85 heavy (non-hydrogen) atoms. The first kappa shape index (κ1) is 73.4. The fourth-order valence-electron chi connectivity index (χ4n) is 7.74. The highest BCUT2D eigenvalue weighted by Crippen LogP contribution is 2.11. The number of aliphatic carboxylic acids is 2. The van der Waals surface area contributed by atoms with E-state index < -0.39 is 139 Å². The summed E-state index contributed by atoms with van der Waals surface area (Å²) in [4.78, 5) is 169. The second kappa shape index (κ2) is 39.0. The summed E-state index contributed by atoms with van der Waals surface area (Å²) in [6.45, 7) is 4.70. The number of nitrogens with zero attached hydrogens (tertiary/aromatic N) is 5. The zero-order valence-corrected chi connectivity index (χ0v) is 47.8. The van der Waals surface area contributed by atoms with E-state index in [4.69, 9.17) is 57.3 Å². The maximum Gasteiger partial charge on any atom is 0.326 e. The molecule has 1 aromatic heterocycles. The van der Waals surface area contributed by atoms with Gasteiger partial charge in [-0.15, -0.1) is 0 Å². The number of primary amides is 1. The Hall–Kier alpha value is -9.58. The van der Waals surface area contributed by atoms with Gasteiger partial charge in [-0.25, -0.2) is 9.78 Å². The molecule has 9 amide bonds. The third kappa shape index (κ3) is 32.0. The SMILES string of the molecule is CC(C)C[C@H](NC(=O)[C@H](C)NC(=O)[C@H](CC(=O)O)NC(=O)[C@H](CCC(N)=O)NC(=O)[C@H](CCCN=C(N)N)NC(=O)[C@H](Cc1cnc[nH]1)NC(=O)[C@H](CCCN=C(N)N)NC(=O)[C@H](CCCN=C(N)N)NC(=O)[C@@H](N)CCCN=C(N)N)C(=O)O. The topological polar surface area (TPSA) is 663 Å². The molecule has 0 aliphatic heterocycles. The van der Waals surface area contributed by atoms with E-state index in [2.05, 4.69) is 72.5 Å². The number of carboxylic acid groups (broad SMARTS) is 2. The van der Waals surface area contributed by atoms with E-state index in [1.807, 2.05) is 0 Å². The summed E-state index contributed by atoms with van der Waals surface area (Å²) < 4.78 is 0. The van der Waals surface area contributed by atoms with Crippen LogP contribution >= 0.6 is 0 Å². The number of rotatable bonds is 42. The van der Waals surface area contributed by atoms with Gasteiger partial charge < -0.3 is 115 Å². The maximum absolute atomic E-state index is 14.5. The van der Waals surface area contributed by atoms with Gasteiger partial charge in [0.15, 0.2) is 23.8 Å². The van der Waals surface area contributed by atoms with Crippen molar-refractivity contribution in [2.45, 2.75) is 159 Å². The molecule has 0 radical (unpaired) electrons. The Morgan fingerprint density at radius 3 is 1.22 bits per heavy atom. The number of nitrogens with one attached hydrogen (secondary N) is 9. The molecule has 0 saturated carbocycles. The zero-order valence-electron chi connectivity index (χ0n) is 47.8. The quantitative estimate of drug-likeness (QED) is 0.0164. The van der Waals surface area contributed by atoms with E-state index in [9.17, 15) is 63.0 Å². The first-order valence-corrected chi connectivity index (χ1v) is 27.0. The average Bonchev–Trinajstić information content (AvgIpc) is 4.09. The predicted octanol–water partition coefficient (Wildman–Crippen LogP) is -8.74. The molecular formula is C48H86N24O13. The van der Waals surface area contributed by atoms with E-state index in [1.54, 1.807) is 13.8 Å². The van der Waals surface area contributed by atoms with Gasteiger partial charge in [-0.05, 0) is 77.0 Å². The summed E-state index contributed by atoms with van der Waals surface area (Å²) in [5.41, 5.74) is 55.6. The molecule has 0 unspecified atom stereocenters. The second-order valence-corrected chi connectivity index (χ2v) is 19.9. The van der Waals surface area contributed by atoms with E-state index in [0.29, 0.717) is 6.42 Å². The van der Waals surface area contributed by atoms with Crippen LogP contribution in [-0.4, -0.2) is 190 Å². The number of imidazole rings is 1. The predicted molar refractivity (Wildman–Crippen MR) is 309 cm³/mol. The van der Waals surface area contributed by atoms with Crippen LogP contribution in [0.25, 0.3) is 0 Å². The van der Waals surface area contributed by atoms with Crippen molar-refractivity contribution in [3.8, 4) is 0 Å². The van der Waals surface area contributed by atoms with Gasteiger partial charge in [0.2, 0.25) is 53.2 Å². The number of aromatic nitrogens is 2. The molecule has 0 saturated heterocycles. The van der Waals surface area contributed by atoms with Crippen LogP contribution in [0.15, 0.2) is 32.5 Å². The molecule has 37 nitrogen and oxygen atoms in total. The number of amides is 9. The van der Waals surface area contributed by atoms with Gasteiger partial charge in [-0.2, -0.15) is 0 Å². The molecule has 1 heterocycles. The number of H-pyrrole nitrogens is 1. The fraction of sp³-hybridized carbons (Fsp3) is 0.625. The zero-order chi connectivity index (χ0) is 64.3. The minimum atomic E-state index is -1.93. The van der Waals surface area contributed by atoms with Gasteiger partial charge in [-0.1, -0.05) is 13.8 Å². The number of hydrogen-bond acceptors (Lipinski definition) is 17. The number of carbonyl (C=O) groups excluding carboxylic acids is 9. The number of aliphatic imine (C=N–C) groups is 4. The van der Waals surface area contributed by atoms with Crippen LogP contribution in [-0.2, 0) is 59.2 Å². The lowest BCUT2D eigenvalue weighted by Gasteiger charge is -2.28. The first-order valence-electron chi connectivity index (χ1n) is 27.0. The Morgan fingerprint density at radius 1 is 0.482 bits per heavy atom. The van der Waals surface area contributed by atoms with Crippen LogP contribution in [0.3, 0.4) is 0 Å². The number of aromatic amines is 1. The van der Waals surface area contributed by atoms with Crippen molar-refractivity contribution in [1.29, 1.82) is 0 Å². The maximum atomic E-state index is 14.5. The number of nitrogens with two attached hydrogens (primary N) is 10. The summed E-state index contributed by atoms with van der Waals surface area (Å²) >= 11 is 0. The van der Waals surface area contributed by atoms with Crippen molar-refractivity contribution in [3.05, 3.63) is 18.2 Å². The molecule has 0 aliphatic rings. The molecule has 0 bridgehead atoms. The average molecular weight is 1210 g/mol. The van der Waals surface area contributed by atoms with Crippen LogP contribution < -0.4 is 99.9 Å². The second-order valence-electron chi connectivity index (χ2n) is 19.9. The number of carbonyl (C=O) groups is 11. The Morgan fingerprint density at radius 2 is 0.847 bits per heavy atom. The van der Waals surface area contributed by atoms with Crippen molar-refractivity contribution < 1.29 is 63.0 Å². The summed E-state index contributed by atoms with van der Waals surface area (Å²) in [6, 6.07) is -13.6. The van der Waals surface area contributed by atoms with Gasteiger partial charge in [-0.3, -0.25) is 67.9 Å². The van der Waals surface area contributed by atoms with Gasteiger partial charge in [0.05, 0.1) is 18.8 Å². The lowest BCUT2D eigenvalue weighted by atomic mass is 10.0. The van der Waals surface area contributed by atoms with E-state index in [0.717, 1.165) is 0 Å². The highest BCUT2D eigenvalue weighted by molar-refractivity contribution is 5.99. The molecule has 1 aromatic rings. The molecule has 1 rings (SSSR count). The van der Waals surface area contributed by atoms with Gasteiger partial charge in [0, 0.05) is 50.9 Å². The Bertz CT molecular complexity index is 2510. The molecule has 9 atom stereocenters. The van der Waals surface area contributed by atoms with Crippen LogP contribution in [0.4, 0.5) is 0 Å². The molecule has 0 aliphatic carbocycles.